The van der Waals surface area contributed by atoms with E-state index in [1.807, 2.05) is 32.2 Å². The zero-order valence-corrected chi connectivity index (χ0v) is 16.7. The van der Waals surface area contributed by atoms with E-state index >= 15 is 0 Å². The maximum atomic E-state index is 13.4. The Labute approximate surface area is 172 Å². The van der Waals surface area contributed by atoms with E-state index in [1.165, 1.54) is 12.2 Å². The molecule has 0 spiro atoms. The molecule has 154 valence electrons. The van der Waals surface area contributed by atoms with Crippen LogP contribution >= 0.6 is 0 Å². The molecule has 0 aliphatic carbocycles. The predicted molar refractivity (Wildman–Crippen MR) is 110 cm³/mol. The maximum absolute atomic E-state index is 13.4. The van der Waals surface area contributed by atoms with E-state index in [4.69, 9.17) is 4.52 Å². The molecule has 1 saturated heterocycles. The van der Waals surface area contributed by atoms with Crippen LogP contribution in [0, 0.1) is 6.92 Å². The number of nitrogens with zero attached hydrogens (tertiary/aromatic N) is 5. The molecule has 8 nitrogen and oxygen atoms in total. The molecule has 4 heterocycles. The molecule has 0 radical (unpaired) electrons. The van der Waals surface area contributed by atoms with Crippen LogP contribution in [0.3, 0.4) is 0 Å². The Hall–Kier alpha value is -3.33. The van der Waals surface area contributed by atoms with Gasteiger partial charge in [0, 0.05) is 36.6 Å². The zero-order chi connectivity index (χ0) is 20.8. The van der Waals surface area contributed by atoms with Crippen molar-refractivity contribution in [3.63, 3.8) is 0 Å². The molecule has 30 heavy (non-hydrogen) atoms. The summed E-state index contributed by atoms with van der Waals surface area (Å²) in [6.45, 7) is 4.01. The van der Waals surface area contributed by atoms with Crippen LogP contribution in [-0.4, -0.2) is 64.4 Å². The number of rotatable bonds is 4. The van der Waals surface area contributed by atoms with Crippen molar-refractivity contribution < 1.29 is 13.7 Å². The van der Waals surface area contributed by atoms with E-state index in [2.05, 4.69) is 25.3 Å². The summed E-state index contributed by atoms with van der Waals surface area (Å²) in [7, 11) is 2.05. The number of fused-ring (bicyclic) bond motifs is 1. The Kier molecular flexibility index (Phi) is 4.47. The quantitative estimate of drug-likeness (QED) is 0.837. The molecule has 1 fully saturated rings. The average Bonchev–Trinajstić information content (AvgIpc) is 3.34. The standard InChI is InChI=1S/C21H21FN6O2/c1-12-3-4-13(19-25-21(30-26-19)14-10-27(2)11-14)7-16(12)24-20(29)17-9-23-18-8-15(22)5-6-28(17)18/h3-8,14,17H,9-11H2,1-2H3,(H,24,29). The van der Waals surface area contributed by atoms with Gasteiger partial charge in [0.1, 0.15) is 17.7 Å². The Bertz CT molecular complexity index is 1100. The Morgan fingerprint density at radius 2 is 2.17 bits per heavy atom. The number of aliphatic imine (C=N–C) groups is 1. The van der Waals surface area contributed by atoms with Crippen LogP contribution in [0.1, 0.15) is 17.4 Å². The van der Waals surface area contributed by atoms with Crippen LogP contribution in [-0.2, 0) is 4.79 Å². The molecule has 1 atom stereocenters. The van der Waals surface area contributed by atoms with Crippen LogP contribution in [0.2, 0.25) is 0 Å². The lowest BCUT2D eigenvalue weighted by atomic mass is 10.0. The SMILES string of the molecule is Cc1ccc(-c2noc(C3CN(C)C3)n2)cc1NC(=O)C1CN=C2C=C(F)C=CN21. The smallest absolute Gasteiger partial charge is 0.249 e. The Balaban J connectivity index is 1.32. The number of aryl methyl sites for hydroxylation is 1. The minimum Gasteiger partial charge on any atom is -0.339 e. The lowest BCUT2D eigenvalue weighted by Gasteiger charge is -2.33. The third-order valence-electron chi connectivity index (χ3n) is 5.60. The summed E-state index contributed by atoms with van der Waals surface area (Å²) in [5.41, 5.74) is 2.35. The predicted octanol–water partition coefficient (Wildman–Crippen LogP) is 2.48. The second-order valence-corrected chi connectivity index (χ2v) is 7.86. The number of halogens is 1. The number of benzene rings is 1. The summed E-state index contributed by atoms with van der Waals surface area (Å²) in [5, 5.41) is 7.08. The molecule has 3 aliphatic rings. The molecule has 1 unspecified atom stereocenters. The van der Waals surface area contributed by atoms with Crippen molar-refractivity contribution in [2.45, 2.75) is 18.9 Å². The van der Waals surface area contributed by atoms with Crippen LogP contribution in [0.5, 0.6) is 0 Å². The molecular formula is C21H21FN6O2. The van der Waals surface area contributed by atoms with Gasteiger partial charge in [0.2, 0.25) is 17.6 Å². The topological polar surface area (TPSA) is 86.9 Å². The second-order valence-electron chi connectivity index (χ2n) is 7.86. The van der Waals surface area contributed by atoms with Gasteiger partial charge < -0.3 is 19.6 Å². The fourth-order valence-electron chi connectivity index (χ4n) is 3.83. The van der Waals surface area contributed by atoms with Crippen molar-refractivity contribution in [1.29, 1.82) is 0 Å². The van der Waals surface area contributed by atoms with Gasteiger partial charge in [0.15, 0.2) is 0 Å². The van der Waals surface area contributed by atoms with Crippen LogP contribution in [0.4, 0.5) is 10.1 Å². The van der Waals surface area contributed by atoms with Gasteiger partial charge in [-0.15, -0.1) is 0 Å². The molecule has 0 bridgehead atoms. The molecular weight excluding hydrogens is 387 g/mol. The number of likely N-dealkylation sites (tertiary alicyclic amines) is 1. The van der Waals surface area contributed by atoms with E-state index in [1.54, 1.807) is 11.1 Å². The van der Waals surface area contributed by atoms with Gasteiger partial charge in [0.25, 0.3) is 0 Å². The molecule has 2 aromatic rings. The van der Waals surface area contributed by atoms with Crippen molar-refractivity contribution in [3.05, 3.63) is 53.8 Å². The molecule has 1 amide bonds. The summed E-state index contributed by atoms with van der Waals surface area (Å²) in [6.07, 6.45) is 4.20. The van der Waals surface area contributed by atoms with Gasteiger partial charge in [-0.2, -0.15) is 4.98 Å². The van der Waals surface area contributed by atoms with Crippen molar-refractivity contribution >= 4 is 17.4 Å². The fourth-order valence-corrected chi connectivity index (χ4v) is 3.83. The number of amidine groups is 1. The number of nitrogens with one attached hydrogen (secondary N) is 1. The number of likely N-dealkylation sites (N-methyl/N-ethyl adjacent to an activating group) is 1. The monoisotopic (exact) mass is 408 g/mol. The van der Waals surface area contributed by atoms with E-state index in [0.29, 0.717) is 23.2 Å². The van der Waals surface area contributed by atoms with Crippen LogP contribution < -0.4 is 5.32 Å². The average molecular weight is 408 g/mol. The molecule has 1 aromatic heterocycles. The van der Waals surface area contributed by atoms with Gasteiger partial charge >= 0.3 is 0 Å². The highest BCUT2D eigenvalue weighted by Gasteiger charge is 2.33. The summed E-state index contributed by atoms with van der Waals surface area (Å²) in [4.78, 5) is 25.5. The first-order valence-corrected chi connectivity index (χ1v) is 9.80. The Morgan fingerprint density at radius 3 is 2.97 bits per heavy atom. The van der Waals surface area contributed by atoms with E-state index in [0.717, 1.165) is 24.2 Å². The first kappa shape index (κ1) is 18.7. The van der Waals surface area contributed by atoms with Gasteiger partial charge in [-0.1, -0.05) is 17.3 Å². The van der Waals surface area contributed by atoms with Crippen molar-refractivity contribution in [2.75, 3.05) is 32.0 Å². The number of hydrogen-bond acceptors (Lipinski definition) is 7. The van der Waals surface area contributed by atoms with Crippen molar-refractivity contribution in [3.8, 4) is 11.4 Å². The second kappa shape index (κ2) is 7.17. The minimum absolute atomic E-state index is 0.208. The van der Waals surface area contributed by atoms with Gasteiger partial charge in [-0.05, 0) is 31.7 Å². The van der Waals surface area contributed by atoms with Gasteiger partial charge in [-0.3, -0.25) is 9.79 Å². The number of carbonyl (C=O) groups excluding carboxylic acids is 1. The number of amides is 1. The van der Waals surface area contributed by atoms with E-state index < -0.39 is 6.04 Å². The maximum Gasteiger partial charge on any atom is 0.249 e. The molecule has 0 saturated carbocycles. The fraction of sp³-hybridized carbons (Fsp3) is 0.333. The van der Waals surface area contributed by atoms with Gasteiger partial charge in [0.05, 0.1) is 12.5 Å². The highest BCUT2D eigenvalue weighted by atomic mass is 19.1. The largest absolute Gasteiger partial charge is 0.339 e. The number of anilines is 1. The first-order chi connectivity index (χ1) is 14.5. The summed E-state index contributed by atoms with van der Waals surface area (Å²) >= 11 is 0. The third-order valence-corrected chi connectivity index (χ3v) is 5.60. The molecule has 3 aliphatic heterocycles. The number of hydrogen-bond donors (Lipinski definition) is 1. The van der Waals surface area contributed by atoms with Crippen molar-refractivity contribution in [1.82, 2.24) is 19.9 Å². The van der Waals surface area contributed by atoms with Gasteiger partial charge in [-0.25, -0.2) is 4.39 Å². The third kappa shape index (κ3) is 3.30. The van der Waals surface area contributed by atoms with E-state index in [-0.39, 0.29) is 24.2 Å². The lowest BCUT2D eigenvalue weighted by molar-refractivity contribution is -0.118. The highest BCUT2D eigenvalue weighted by Crippen LogP contribution is 2.29. The van der Waals surface area contributed by atoms with Crippen LogP contribution in [0.15, 0.2) is 51.9 Å². The van der Waals surface area contributed by atoms with Crippen LogP contribution in [0.25, 0.3) is 11.4 Å². The molecule has 1 aromatic carbocycles. The number of allylic oxidation sites excluding steroid dienone is 2. The number of carbonyl (C=O) groups is 1. The normalized spacial score (nSPS) is 21.2. The summed E-state index contributed by atoms with van der Waals surface area (Å²) in [5.74, 6) is 1.29. The zero-order valence-electron chi connectivity index (χ0n) is 16.7. The summed E-state index contributed by atoms with van der Waals surface area (Å²) in [6, 6.07) is 5.14. The lowest BCUT2D eigenvalue weighted by Crippen LogP contribution is -2.42. The first-order valence-electron chi connectivity index (χ1n) is 9.80. The number of aromatic nitrogens is 2. The molecule has 1 N–H and O–H groups in total. The molecule has 9 heteroatoms. The molecule has 5 rings (SSSR count). The Morgan fingerprint density at radius 1 is 1.33 bits per heavy atom. The van der Waals surface area contributed by atoms with E-state index in [9.17, 15) is 9.18 Å². The highest BCUT2D eigenvalue weighted by molar-refractivity contribution is 6.04. The summed E-state index contributed by atoms with van der Waals surface area (Å²) < 4.78 is 18.8. The van der Waals surface area contributed by atoms with Crippen molar-refractivity contribution in [2.24, 2.45) is 4.99 Å². The minimum atomic E-state index is -0.518.